The summed E-state index contributed by atoms with van der Waals surface area (Å²) in [6.45, 7) is 4.60. The number of amides is 1. The number of hydrogen-bond donors (Lipinski definition) is 2. The molecular formula is C33H42N4O4. The molecule has 41 heavy (non-hydrogen) atoms. The van der Waals surface area contributed by atoms with Crippen molar-refractivity contribution in [2.75, 3.05) is 32.7 Å². The molecular weight excluding hydrogens is 516 g/mol. The third-order valence-electron chi connectivity index (χ3n) is 9.26. The van der Waals surface area contributed by atoms with Gasteiger partial charge in [0.15, 0.2) is 0 Å². The van der Waals surface area contributed by atoms with Crippen molar-refractivity contribution in [2.45, 2.75) is 69.6 Å². The van der Waals surface area contributed by atoms with E-state index >= 15 is 0 Å². The molecule has 3 aliphatic rings. The maximum atomic E-state index is 12.5. The fourth-order valence-electron chi connectivity index (χ4n) is 7.11. The molecule has 2 N–H and O–H groups in total. The third kappa shape index (κ3) is 7.66. The van der Waals surface area contributed by atoms with Gasteiger partial charge in [0, 0.05) is 45.2 Å². The second-order valence-corrected chi connectivity index (χ2v) is 12.0. The highest BCUT2D eigenvalue weighted by Gasteiger charge is 2.43. The van der Waals surface area contributed by atoms with E-state index in [-0.39, 0.29) is 12.0 Å². The van der Waals surface area contributed by atoms with Crippen LogP contribution in [0.15, 0.2) is 54.6 Å². The average Bonchev–Trinajstić information content (AvgIpc) is 3.41. The zero-order valence-electron chi connectivity index (χ0n) is 23.8. The van der Waals surface area contributed by atoms with E-state index in [1.807, 2.05) is 18.2 Å². The van der Waals surface area contributed by atoms with E-state index in [2.05, 4.69) is 45.5 Å². The Hall–Kier alpha value is -3.41. The topological polar surface area (TPSA) is 106 Å². The van der Waals surface area contributed by atoms with Crippen molar-refractivity contribution in [3.63, 3.8) is 0 Å². The number of nitriles is 1. The van der Waals surface area contributed by atoms with Crippen LogP contribution in [0.1, 0.15) is 67.6 Å². The van der Waals surface area contributed by atoms with E-state index in [1.54, 1.807) is 12.1 Å². The van der Waals surface area contributed by atoms with Crippen molar-refractivity contribution >= 4 is 12.1 Å². The Morgan fingerprint density at radius 2 is 1.68 bits per heavy atom. The molecule has 0 radical (unpaired) electrons. The fourth-order valence-corrected chi connectivity index (χ4v) is 7.11. The number of aliphatic carboxylic acids is 1. The number of carbonyl (C=O) groups excluding carboxylic acids is 1. The van der Waals surface area contributed by atoms with E-state index in [0.717, 1.165) is 76.8 Å². The Morgan fingerprint density at radius 3 is 2.34 bits per heavy atom. The monoisotopic (exact) mass is 558 g/mol. The first-order valence-corrected chi connectivity index (χ1v) is 15.2. The van der Waals surface area contributed by atoms with Crippen molar-refractivity contribution in [3.05, 3.63) is 71.3 Å². The summed E-state index contributed by atoms with van der Waals surface area (Å²) in [7, 11) is 0. The Bertz CT molecular complexity index is 1180. The molecule has 2 aromatic carbocycles. The number of rotatable bonds is 9. The molecule has 3 fully saturated rings. The van der Waals surface area contributed by atoms with Crippen molar-refractivity contribution in [1.82, 2.24) is 15.1 Å². The molecule has 0 bridgehead atoms. The lowest BCUT2D eigenvalue weighted by atomic mass is 9.83. The van der Waals surface area contributed by atoms with Crippen LogP contribution in [-0.4, -0.2) is 71.8 Å². The van der Waals surface area contributed by atoms with Gasteiger partial charge in [-0.25, -0.2) is 4.79 Å². The van der Waals surface area contributed by atoms with Gasteiger partial charge in [-0.2, -0.15) is 5.26 Å². The summed E-state index contributed by atoms with van der Waals surface area (Å²) in [4.78, 5) is 29.6. The van der Waals surface area contributed by atoms with Crippen LogP contribution in [0.3, 0.4) is 0 Å². The molecule has 0 aromatic heterocycles. The van der Waals surface area contributed by atoms with Gasteiger partial charge in [0.1, 0.15) is 12.1 Å². The first kappa shape index (κ1) is 29.1. The molecule has 1 aliphatic carbocycles. The average molecular weight is 559 g/mol. The molecule has 5 rings (SSSR count). The van der Waals surface area contributed by atoms with Gasteiger partial charge in [0.2, 0.25) is 0 Å². The van der Waals surface area contributed by atoms with Crippen molar-refractivity contribution in [1.29, 1.82) is 5.26 Å². The Morgan fingerprint density at radius 1 is 0.976 bits per heavy atom. The van der Waals surface area contributed by atoms with Gasteiger partial charge < -0.3 is 20.1 Å². The largest absolute Gasteiger partial charge is 0.480 e. The number of carboxylic acid groups (broad SMARTS) is 1. The van der Waals surface area contributed by atoms with Crippen LogP contribution in [0.2, 0.25) is 0 Å². The number of nitrogens with one attached hydrogen (secondary N) is 1. The zero-order chi connectivity index (χ0) is 28.6. The lowest BCUT2D eigenvalue weighted by molar-refractivity contribution is -0.145. The Kier molecular flexibility index (Phi) is 9.92. The smallest absolute Gasteiger partial charge is 0.407 e. The Labute approximate surface area is 243 Å². The molecule has 8 heteroatoms. The maximum absolute atomic E-state index is 12.5. The lowest BCUT2D eigenvalue weighted by Gasteiger charge is -2.35. The first-order valence-electron chi connectivity index (χ1n) is 15.2. The van der Waals surface area contributed by atoms with E-state index in [4.69, 9.17) is 10.00 Å². The SMILES string of the molecule is N#Cc1ccc(CNC(=O)OC2CCN(CC3CN(C(C(=O)O)C4CCCCC4)CC3c3ccccc3)CC2)cc1. The van der Waals surface area contributed by atoms with Crippen LogP contribution in [-0.2, 0) is 16.1 Å². The third-order valence-corrected chi connectivity index (χ3v) is 9.26. The van der Waals surface area contributed by atoms with Crippen LogP contribution in [0.4, 0.5) is 4.79 Å². The minimum atomic E-state index is -0.667. The maximum Gasteiger partial charge on any atom is 0.407 e. The van der Waals surface area contributed by atoms with Gasteiger partial charge in [-0.3, -0.25) is 9.69 Å². The Balaban J connectivity index is 1.14. The minimum absolute atomic E-state index is 0.111. The quantitative estimate of drug-likeness (QED) is 0.446. The molecule has 3 atom stereocenters. The van der Waals surface area contributed by atoms with Crippen LogP contribution >= 0.6 is 0 Å². The number of hydrogen-bond acceptors (Lipinski definition) is 6. The van der Waals surface area contributed by atoms with Crippen LogP contribution in [0, 0.1) is 23.2 Å². The predicted molar refractivity (Wildman–Crippen MR) is 156 cm³/mol. The predicted octanol–water partition coefficient (Wildman–Crippen LogP) is 5.00. The molecule has 3 unspecified atom stereocenters. The summed E-state index contributed by atoms with van der Waals surface area (Å²) in [5.74, 6) is 0.242. The molecule has 2 aliphatic heterocycles. The molecule has 1 amide bonds. The van der Waals surface area contributed by atoms with Crippen molar-refractivity contribution in [2.24, 2.45) is 11.8 Å². The number of piperidine rings is 1. The van der Waals surface area contributed by atoms with Gasteiger partial charge in [-0.15, -0.1) is 0 Å². The molecule has 8 nitrogen and oxygen atoms in total. The summed E-state index contributed by atoms with van der Waals surface area (Å²) in [5.41, 5.74) is 2.81. The number of likely N-dealkylation sites (tertiary alicyclic amines) is 2. The lowest BCUT2D eigenvalue weighted by Crippen LogP contribution is -2.46. The fraction of sp³-hybridized carbons (Fsp3) is 0.545. The second kappa shape index (κ2) is 14.0. The summed E-state index contributed by atoms with van der Waals surface area (Å²) in [6.07, 6.45) is 6.58. The highest BCUT2D eigenvalue weighted by atomic mass is 16.6. The highest BCUT2D eigenvalue weighted by molar-refractivity contribution is 5.74. The summed E-state index contributed by atoms with van der Waals surface area (Å²) >= 11 is 0. The van der Waals surface area contributed by atoms with Crippen LogP contribution in [0.5, 0.6) is 0 Å². The van der Waals surface area contributed by atoms with Gasteiger partial charge in [0.05, 0.1) is 11.6 Å². The van der Waals surface area contributed by atoms with E-state index < -0.39 is 18.1 Å². The number of alkyl carbamates (subject to hydrolysis) is 1. The van der Waals surface area contributed by atoms with E-state index in [1.165, 1.54) is 12.0 Å². The number of ether oxygens (including phenoxy) is 1. The molecule has 1 saturated carbocycles. The molecule has 218 valence electrons. The highest BCUT2D eigenvalue weighted by Crippen LogP contribution is 2.38. The summed E-state index contributed by atoms with van der Waals surface area (Å²) in [5, 5.41) is 22.0. The molecule has 2 aromatic rings. The number of carbonyl (C=O) groups is 2. The van der Waals surface area contributed by atoms with Gasteiger partial charge in [-0.05, 0) is 60.8 Å². The summed E-state index contributed by atoms with van der Waals surface area (Å²) < 4.78 is 5.71. The first-order chi connectivity index (χ1) is 20.0. The summed E-state index contributed by atoms with van der Waals surface area (Å²) in [6, 6.07) is 19.4. The number of benzene rings is 2. The van der Waals surface area contributed by atoms with E-state index in [0.29, 0.717) is 23.9 Å². The number of carboxylic acids is 1. The number of nitrogens with zero attached hydrogens (tertiary/aromatic N) is 3. The van der Waals surface area contributed by atoms with Gasteiger partial charge in [0.25, 0.3) is 0 Å². The van der Waals surface area contributed by atoms with Crippen molar-refractivity contribution < 1.29 is 19.4 Å². The molecule has 2 heterocycles. The van der Waals surface area contributed by atoms with Crippen LogP contribution in [0.25, 0.3) is 0 Å². The van der Waals surface area contributed by atoms with Crippen LogP contribution < -0.4 is 5.32 Å². The van der Waals surface area contributed by atoms with Gasteiger partial charge >= 0.3 is 12.1 Å². The molecule has 2 saturated heterocycles. The standard InChI is InChI=1S/C33H42N4O4/c34-19-24-11-13-25(14-12-24)20-35-33(40)41-29-15-17-36(18-16-29)21-28-22-37(23-30(28)26-7-3-1-4-8-26)31(32(38)39)27-9-5-2-6-10-27/h1,3-4,7-8,11-14,27-31H,2,5-6,9-10,15-18,20-23H2,(H,35,40)(H,38,39). The van der Waals surface area contributed by atoms with Crippen molar-refractivity contribution in [3.8, 4) is 6.07 Å². The minimum Gasteiger partial charge on any atom is -0.480 e. The second-order valence-electron chi connectivity index (χ2n) is 12.0. The normalized spacial score (nSPS) is 23.5. The zero-order valence-corrected chi connectivity index (χ0v) is 23.8. The molecule has 0 spiro atoms. The van der Waals surface area contributed by atoms with E-state index in [9.17, 15) is 14.7 Å². The van der Waals surface area contributed by atoms with Gasteiger partial charge in [-0.1, -0.05) is 61.7 Å².